The van der Waals surface area contributed by atoms with Crippen LogP contribution in [0.4, 0.5) is 18.9 Å². The van der Waals surface area contributed by atoms with E-state index >= 15 is 4.39 Å². The zero-order valence-corrected chi connectivity index (χ0v) is 19.3. The molecule has 1 aromatic carbocycles. The number of carbonyl (C=O) groups is 1. The summed E-state index contributed by atoms with van der Waals surface area (Å²) in [6.45, 7) is 2.66. The first kappa shape index (κ1) is 23.3. The van der Waals surface area contributed by atoms with E-state index in [1.807, 2.05) is 4.90 Å². The molecule has 184 valence electrons. The molecule has 4 heterocycles. The van der Waals surface area contributed by atoms with Crippen LogP contribution >= 0.6 is 0 Å². The maximum atomic E-state index is 15.2. The van der Waals surface area contributed by atoms with Crippen LogP contribution < -0.4 is 15.8 Å². The van der Waals surface area contributed by atoms with E-state index in [0.29, 0.717) is 31.7 Å². The number of benzene rings is 1. The zero-order chi connectivity index (χ0) is 24.7. The summed E-state index contributed by atoms with van der Waals surface area (Å²) in [7, 11) is 1.47. The van der Waals surface area contributed by atoms with Gasteiger partial charge in [-0.05, 0) is 56.1 Å². The van der Waals surface area contributed by atoms with Crippen molar-refractivity contribution in [2.24, 2.45) is 0 Å². The number of pyridine rings is 2. The topological polar surface area (TPSA) is 81.3 Å². The molecule has 0 bridgehead atoms. The van der Waals surface area contributed by atoms with Gasteiger partial charge in [0.25, 0.3) is 11.5 Å². The Kier molecular flexibility index (Phi) is 6.22. The molecule has 3 aromatic rings. The van der Waals surface area contributed by atoms with Crippen molar-refractivity contribution in [3.05, 3.63) is 69.7 Å². The average molecular weight is 486 g/mol. The van der Waals surface area contributed by atoms with Crippen molar-refractivity contribution in [1.29, 1.82) is 0 Å². The summed E-state index contributed by atoms with van der Waals surface area (Å²) in [5.41, 5.74) is 0.206. The van der Waals surface area contributed by atoms with Gasteiger partial charge < -0.3 is 15.2 Å². The molecule has 5 rings (SSSR count). The van der Waals surface area contributed by atoms with Gasteiger partial charge in [-0.3, -0.25) is 14.5 Å². The summed E-state index contributed by atoms with van der Waals surface area (Å²) in [6.07, 6.45) is 2.32. The Labute approximate surface area is 200 Å². The normalized spacial score (nSPS) is 19.4. The van der Waals surface area contributed by atoms with Gasteiger partial charge in [0.2, 0.25) is 5.95 Å². The SMILES string of the molecule is CNC(=O)c1ccc(N2CCC(N3CCC(c4[nH]c(=O)c5cc(F)ccc5c4F)C3)CC2)c(F)n1. The summed E-state index contributed by atoms with van der Waals surface area (Å²) >= 11 is 0. The molecule has 0 radical (unpaired) electrons. The largest absolute Gasteiger partial charge is 0.368 e. The Balaban J connectivity index is 1.25. The van der Waals surface area contributed by atoms with Gasteiger partial charge >= 0.3 is 0 Å². The highest BCUT2D eigenvalue weighted by Crippen LogP contribution is 2.33. The number of piperidine rings is 1. The third-order valence-electron chi connectivity index (χ3n) is 7.19. The molecule has 2 aliphatic rings. The lowest BCUT2D eigenvalue weighted by Gasteiger charge is -2.37. The Hall–Kier alpha value is -3.40. The molecule has 0 aliphatic carbocycles. The molecule has 2 saturated heterocycles. The van der Waals surface area contributed by atoms with Crippen LogP contribution in [0.3, 0.4) is 0 Å². The summed E-state index contributed by atoms with van der Waals surface area (Å²) in [5, 5.41) is 2.58. The first-order valence-electron chi connectivity index (χ1n) is 11.7. The molecule has 7 nitrogen and oxygen atoms in total. The molecule has 2 N–H and O–H groups in total. The Bertz CT molecular complexity index is 1340. The number of nitrogens with zero attached hydrogens (tertiary/aromatic N) is 3. The molecular weight excluding hydrogens is 459 g/mol. The molecule has 2 aromatic heterocycles. The van der Waals surface area contributed by atoms with Gasteiger partial charge in [-0.25, -0.2) is 13.8 Å². The van der Waals surface area contributed by atoms with Crippen molar-refractivity contribution < 1.29 is 18.0 Å². The molecule has 2 fully saturated rings. The molecule has 35 heavy (non-hydrogen) atoms. The maximum Gasteiger partial charge on any atom is 0.269 e. The summed E-state index contributed by atoms with van der Waals surface area (Å²) in [6, 6.07) is 6.90. The first-order valence-corrected chi connectivity index (χ1v) is 11.7. The highest BCUT2D eigenvalue weighted by molar-refractivity contribution is 5.92. The van der Waals surface area contributed by atoms with Gasteiger partial charge in [-0.1, -0.05) is 0 Å². The highest BCUT2D eigenvalue weighted by atomic mass is 19.1. The second-order valence-electron chi connectivity index (χ2n) is 9.16. The second kappa shape index (κ2) is 9.33. The van der Waals surface area contributed by atoms with Crippen molar-refractivity contribution in [3.63, 3.8) is 0 Å². The smallest absolute Gasteiger partial charge is 0.269 e. The molecular formula is C25H26F3N5O2. The molecule has 2 aliphatic heterocycles. The van der Waals surface area contributed by atoms with Crippen LogP contribution in [-0.2, 0) is 0 Å². The number of rotatable bonds is 4. The van der Waals surface area contributed by atoms with E-state index in [9.17, 15) is 18.4 Å². The second-order valence-corrected chi connectivity index (χ2v) is 9.16. The summed E-state index contributed by atoms with van der Waals surface area (Å²) < 4.78 is 43.2. The van der Waals surface area contributed by atoms with E-state index in [2.05, 4.69) is 20.2 Å². The summed E-state index contributed by atoms with van der Waals surface area (Å²) in [5.74, 6) is -2.33. The minimum atomic E-state index is -0.665. The van der Waals surface area contributed by atoms with Crippen LogP contribution in [0, 0.1) is 17.6 Å². The number of likely N-dealkylation sites (tertiary alicyclic amines) is 1. The number of aromatic amines is 1. The van der Waals surface area contributed by atoms with Crippen molar-refractivity contribution >= 4 is 22.4 Å². The van der Waals surface area contributed by atoms with Crippen LogP contribution in [0.1, 0.15) is 41.4 Å². The number of halogens is 3. The predicted octanol–water partition coefficient (Wildman–Crippen LogP) is 3.16. The van der Waals surface area contributed by atoms with E-state index in [1.165, 1.54) is 19.2 Å². The monoisotopic (exact) mass is 485 g/mol. The van der Waals surface area contributed by atoms with Crippen molar-refractivity contribution in [2.75, 3.05) is 38.1 Å². The highest BCUT2D eigenvalue weighted by Gasteiger charge is 2.34. The van der Waals surface area contributed by atoms with Gasteiger partial charge in [0, 0.05) is 44.0 Å². The fourth-order valence-electron chi connectivity index (χ4n) is 5.31. The van der Waals surface area contributed by atoms with E-state index in [-0.39, 0.29) is 34.1 Å². The molecule has 10 heteroatoms. The van der Waals surface area contributed by atoms with Gasteiger partial charge in [0.05, 0.1) is 16.8 Å². The fourth-order valence-corrected chi connectivity index (χ4v) is 5.31. The Morgan fingerprint density at radius 3 is 2.54 bits per heavy atom. The number of aromatic nitrogens is 2. The predicted molar refractivity (Wildman–Crippen MR) is 126 cm³/mol. The lowest BCUT2D eigenvalue weighted by molar-refractivity contribution is 0.0957. The van der Waals surface area contributed by atoms with Crippen LogP contribution in [0.5, 0.6) is 0 Å². The molecule has 1 atom stereocenters. The van der Waals surface area contributed by atoms with Crippen LogP contribution in [0.2, 0.25) is 0 Å². The number of fused-ring (bicyclic) bond motifs is 1. The third kappa shape index (κ3) is 4.38. The number of nitrogens with one attached hydrogen (secondary N) is 2. The lowest BCUT2D eigenvalue weighted by atomic mass is 10.00. The van der Waals surface area contributed by atoms with Gasteiger partial charge in [-0.2, -0.15) is 4.39 Å². The van der Waals surface area contributed by atoms with Crippen LogP contribution in [-0.4, -0.2) is 60.0 Å². The van der Waals surface area contributed by atoms with Crippen LogP contribution in [0.15, 0.2) is 35.1 Å². The van der Waals surface area contributed by atoms with Crippen molar-refractivity contribution in [3.8, 4) is 0 Å². The number of hydrogen-bond acceptors (Lipinski definition) is 5. The lowest BCUT2D eigenvalue weighted by Crippen LogP contribution is -2.44. The maximum absolute atomic E-state index is 15.2. The van der Waals surface area contributed by atoms with Crippen molar-refractivity contribution in [1.82, 2.24) is 20.2 Å². The minimum absolute atomic E-state index is 0.0125. The average Bonchev–Trinajstić information content (AvgIpc) is 3.36. The number of H-pyrrole nitrogens is 1. The van der Waals surface area contributed by atoms with Gasteiger partial charge in [0.1, 0.15) is 11.5 Å². The zero-order valence-electron chi connectivity index (χ0n) is 19.3. The molecule has 1 unspecified atom stereocenters. The number of anilines is 1. The van der Waals surface area contributed by atoms with E-state index in [1.54, 1.807) is 6.07 Å². The number of carbonyl (C=O) groups excluding carboxylic acids is 1. The van der Waals surface area contributed by atoms with Gasteiger partial charge in [0.15, 0.2) is 5.82 Å². The standard InChI is InChI=1S/C25H26F3N5O2/c1-29-25(35)19-4-5-20(23(28)30-19)32-10-7-16(8-11-32)33-9-6-14(13-33)22-21(27)17-3-2-15(26)12-18(17)24(34)31-22/h2-5,12,14,16H,6-11,13H2,1H3,(H,29,35)(H,31,34). The Morgan fingerprint density at radius 2 is 1.83 bits per heavy atom. The Morgan fingerprint density at radius 1 is 1.06 bits per heavy atom. The molecule has 0 saturated carbocycles. The fraction of sp³-hybridized carbons (Fsp3) is 0.400. The summed E-state index contributed by atoms with van der Waals surface area (Å²) in [4.78, 5) is 34.8. The minimum Gasteiger partial charge on any atom is -0.368 e. The van der Waals surface area contributed by atoms with E-state index in [4.69, 9.17) is 0 Å². The van der Waals surface area contributed by atoms with E-state index < -0.39 is 29.0 Å². The molecule has 1 amide bonds. The first-order chi connectivity index (χ1) is 16.9. The number of hydrogen-bond donors (Lipinski definition) is 2. The quantitative estimate of drug-likeness (QED) is 0.555. The van der Waals surface area contributed by atoms with Crippen LogP contribution in [0.25, 0.3) is 10.8 Å². The van der Waals surface area contributed by atoms with Crippen molar-refractivity contribution in [2.45, 2.75) is 31.2 Å². The third-order valence-corrected chi connectivity index (χ3v) is 7.19. The van der Waals surface area contributed by atoms with Gasteiger partial charge in [-0.15, -0.1) is 0 Å². The molecule has 0 spiro atoms. The van der Waals surface area contributed by atoms with E-state index in [0.717, 1.165) is 31.5 Å². The number of amides is 1.